The summed E-state index contributed by atoms with van der Waals surface area (Å²) in [6.07, 6.45) is 1.00. The van der Waals surface area contributed by atoms with Crippen LogP contribution < -0.4 is 11.1 Å². The Balaban J connectivity index is 2.39. The van der Waals surface area contributed by atoms with Crippen molar-refractivity contribution in [2.45, 2.75) is 0 Å². The molecule has 19 heavy (non-hydrogen) atoms. The SMILES string of the molecule is Nc1ncc([N+](=O)[O-])c(Nc2ccc(F)c(Br)c2)n1. The van der Waals surface area contributed by atoms with Crippen LogP contribution in [0.4, 0.5) is 27.5 Å². The van der Waals surface area contributed by atoms with E-state index in [1.165, 1.54) is 18.2 Å². The topological polar surface area (TPSA) is 107 Å². The van der Waals surface area contributed by atoms with Crippen molar-refractivity contribution >= 4 is 39.1 Å². The average Bonchev–Trinajstić information content (AvgIpc) is 2.33. The molecule has 0 radical (unpaired) electrons. The average molecular weight is 328 g/mol. The number of aromatic nitrogens is 2. The summed E-state index contributed by atoms with van der Waals surface area (Å²) in [6.45, 7) is 0. The van der Waals surface area contributed by atoms with E-state index in [1.807, 2.05) is 0 Å². The molecule has 1 heterocycles. The Morgan fingerprint density at radius 1 is 1.47 bits per heavy atom. The van der Waals surface area contributed by atoms with Gasteiger partial charge in [0.15, 0.2) is 0 Å². The molecule has 98 valence electrons. The van der Waals surface area contributed by atoms with Gasteiger partial charge in [0.05, 0.1) is 9.40 Å². The maximum atomic E-state index is 13.1. The zero-order valence-corrected chi connectivity index (χ0v) is 10.9. The first-order valence-electron chi connectivity index (χ1n) is 4.96. The molecule has 0 saturated heterocycles. The van der Waals surface area contributed by atoms with E-state index in [0.717, 1.165) is 6.20 Å². The highest BCUT2D eigenvalue weighted by Crippen LogP contribution is 2.27. The van der Waals surface area contributed by atoms with Gasteiger partial charge >= 0.3 is 5.69 Å². The van der Waals surface area contributed by atoms with Crippen LogP contribution in [0, 0.1) is 15.9 Å². The number of nitrogens with one attached hydrogen (secondary N) is 1. The Bertz CT molecular complexity index is 652. The molecule has 0 aliphatic heterocycles. The molecule has 0 spiro atoms. The summed E-state index contributed by atoms with van der Waals surface area (Å²) in [5.74, 6) is -0.604. The number of nitro groups is 1. The fourth-order valence-electron chi connectivity index (χ4n) is 1.33. The maximum absolute atomic E-state index is 13.1. The van der Waals surface area contributed by atoms with Gasteiger partial charge in [0.2, 0.25) is 11.8 Å². The highest BCUT2D eigenvalue weighted by molar-refractivity contribution is 9.10. The van der Waals surface area contributed by atoms with Crippen LogP contribution in [0.1, 0.15) is 0 Å². The summed E-state index contributed by atoms with van der Waals surface area (Å²) in [4.78, 5) is 17.5. The van der Waals surface area contributed by atoms with Crippen LogP contribution in [-0.2, 0) is 0 Å². The Morgan fingerprint density at radius 3 is 2.84 bits per heavy atom. The highest BCUT2D eigenvalue weighted by atomic mass is 79.9. The minimum Gasteiger partial charge on any atom is -0.368 e. The monoisotopic (exact) mass is 327 g/mol. The van der Waals surface area contributed by atoms with Crippen LogP contribution in [0.15, 0.2) is 28.9 Å². The molecule has 7 nitrogen and oxygen atoms in total. The van der Waals surface area contributed by atoms with Gasteiger partial charge < -0.3 is 11.1 Å². The normalized spacial score (nSPS) is 10.2. The number of benzene rings is 1. The van der Waals surface area contributed by atoms with Crippen molar-refractivity contribution in [1.82, 2.24) is 9.97 Å². The van der Waals surface area contributed by atoms with Crippen molar-refractivity contribution < 1.29 is 9.31 Å². The van der Waals surface area contributed by atoms with Crippen molar-refractivity contribution in [2.24, 2.45) is 0 Å². The second-order valence-electron chi connectivity index (χ2n) is 3.47. The zero-order valence-electron chi connectivity index (χ0n) is 9.30. The fourth-order valence-corrected chi connectivity index (χ4v) is 1.70. The third-order valence-corrected chi connectivity index (χ3v) is 2.77. The Hall–Kier alpha value is -2.29. The predicted octanol–water partition coefficient (Wildman–Crippen LogP) is 2.61. The molecule has 2 aromatic rings. The van der Waals surface area contributed by atoms with E-state index in [0.29, 0.717) is 5.69 Å². The van der Waals surface area contributed by atoms with Crippen LogP contribution in [0.25, 0.3) is 0 Å². The number of nitrogens with zero attached hydrogens (tertiary/aromatic N) is 3. The van der Waals surface area contributed by atoms with E-state index in [4.69, 9.17) is 5.73 Å². The van der Waals surface area contributed by atoms with E-state index < -0.39 is 10.7 Å². The number of rotatable bonds is 3. The van der Waals surface area contributed by atoms with E-state index in [2.05, 4.69) is 31.2 Å². The van der Waals surface area contributed by atoms with Gasteiger partial charge in [0, 0.05) is 5.69 Å². The Kier molecular flexibility index (Phi) is 3.56. The van der Waals surface area contributed by atoms with Crippen molar-refractivity contribution in [3.8, 4) is 0 Å². The second-order valence-corrected chi connectivity index (χ2v) is 4.33. The van der Waals surface area contributed by atoms with Gasteiger partial charge in [-0.15, -0.1) is 0 Å². The molecule has 0 amide bonds. The first-order valence-corrected chi connectivity index (χ1v) is 5.75. The second kappa shape index (κ2) is 5.14. The highest BCUT2D eigenvalue weighted by Gasteiger charge is 2.17. The molecule has 0 atom stereocenters. The lowest BCUT2D eigenvalue weighted by atomic mass is 10.3. The largest absolute Gasteiger partial charge is 0.368 e. The third-order valence-electron chi connectivity index (χ3n) is 2.17. The molecule has 1 aromatic heterocycles. The summed E-state index contributed by atoms with van der Waals surface area (Å²) in [5.41, 5.74) is 5.48. The van der Waals surface area contributed by atoms with Crippen LogP contribution in [0.5, 0.6) is 0 Å². The lowest BCUT2D eigenvalue weighted by Gasteiger charge is -2.07. The number of nitrogen functional groups attached to an aromatic ring is 1. The molecular formula is C10H7BrFN5O2. The minimum absolute atomic E-state index is 0.0593. The van der Waals surface area contributed by atoms with Gasteiger partial charge in [-0.2, -0.15) is 4.98 Å². The van der Waals surface area contributed by atoms with Gasteiger partial charge in [-0.1, -0.05) is 0 Å². The summed E-state index contributed by atoms with van der Waals surface area (Å²) in [6, 6.07) is 4.06. The van der Waals surface area contributed by atoms with E-state index in [1.54, 1.807) is 0 Å². The molecule has 0 aliphatic rings. The lowest BCUT2D eigenvalue weighted by Crippen LogP contribution is -2.04. The number of nitrogens with two attached hydrogens (primary N) is 1. The summed E-state index contributed by atoms with van der Waals surface area (Å²) < 4.78 is 13.3. The number of hydrogen-bond donors (Lipinski definition) is 2. The van der Waals surface area contributed by atoms with Crippen LogP contribution in [0.2, 0.25) is 0 Å². The Labute approximate surface area is 115 Å². The summed E-state index contributed by atoms with van der Waals surface area (Å²) >= 11 is 3.02. The van der Waals surface area contributed by atoms with Crippen molar-refractivity contribution in [2.75, 3.05) is 11.1 Å². The molecule has 1 aromatic carbocycles. The maximum Gasteiger partial charge on any atom is 0.329 e. The smallest absolute Gasteiger partial charge is 0.329 e. The molecular weight excluding hydrogens is 321 g/mol. The quantitative estimate of drug-likeness (QED) is 0.662. The molecule has 2 rings (SSSR count). The number of halogens is 2. The van der Waals surface area contributed by atoms with Gasteiger partial charge in [-0.05, 0) is 34.1 Å². The molecule has 3 N–H and O–H groups in total. The van der Waals surface area contributed by atoms with Gasteiger partial charge in [-0.25, -0.2) is 9.37 Å². The summed E-state index contributed by atoms with van der Waals surface area (Å²) in [7, 11) is 0. The first kappa shape index (κ1) is 13.1. The van der Waals surface area contributed by atoms with E-state index in [9.17, 15) is 14.5 Å². The first-order chi connectivity index (χ1) is 8.97. The van der Waals surface area contributed by atoms with Crippen molar-refractivity contribution in [3.05, 3.63) is 44.8 Å². The molecule has 0 bridgehead atoms. The van der Waals surface area contributed by atoms with E-state index in [-0.39, 0.29) is 21.9 Å². The van der Waals surface area contributed by atoms with Crippen LogP contribution >= 0.6 is 15.9 Å². The van der Waals surface area contributed by atoms with E-state index >= 15 is 0 Å². The molecule has 0 saturated carbocycles. The lowest BCUT2D eigenvalue weighted by molar-refractivity contribution is -0.384. The Morgan fingerprint density at radius 2 is 2.21 bits per heavy atom. The molecule has 9 heteroatoms. The summed E-state index contributed by atoms with van der Waals surface area (Å²) in [5, 5.41) is 13.5. The predicted molar refractivity (Wildman–Crippen MR) is 70.5 cm³/mol. The molecule has 0 fully saturated rings. The van der Waals surface area contributed by atoms with Crippen LogP contribution in [-0.4, -0.2) is 14.9 Å². The molecule has 0 aliphatic carbocycles. The van der Waals surface area contributed by atoms with Crippen molar-refractivity contribution in [1.29, 1.82) is 0 Å². The van der Waals surface area contributed by atoms with Crippen molar-refractivity contribution in [3.63, 3.8) is 0 Å². The number of hydrogen-bond acceptors (Lipinski definition) is 6. The van der Waals surface area contributed by atoms with Gasteiger partial charge in [-0.3, -0.25) is 10.1 Å². The third kappa shape index (κ3) is 2.94. The fraction of sp³-hybridized carbons (Fsp3) is 0. The minimum atomic E-state index is -0.639. The number of anilines is 3. The van der Waals surface area contributed by atoms with Crippen LogP contribution in [0.3, 0.4) is 0 Å². The van der Waals surface area contributed by atoms with Gasteiger partial charge in [0.25, 0.3) is 0 Å². The van der Waals surface area contributed by atoms with Gasteiger partial charge in [0.1, 0.15) is 12.0 Å². The standard InChI is InChI=1S/C10H7BrFN5O2/c11-6-3-5(1-2-7(6)12)15-9-8(17(18)19)4-14-10(13)16-9/h1-4H,(H3,13,14,15,16). The zero-order chi connectivity index (χ0) is 14.0. The molecule has 0 unspecified atom stereocenters.